The van der Waals surface area contributed by atoms with Gasteiger partial charge in [-0.3, -0.25) is 4.79 Å². The van der Waals surface area contributed by atoms with Crippen LogP contribution in [0.15, 0.2) is 36.4 Å². The Morgan fingerprint density at radius 1 is 0.923 bits per heavy atom. The average Bonchev–Trinajstić information content (AvgIpc) is 2.62. The predicted octanol–water partition coefficient (Wildman–Crippen LogP) is 3.76. The second-order valence-electron chi connectivity index (χ2n) is 6.95. The average molecular weight is 353 g/mol. The number of fused-ring (bicyclic) bond motifs is 1. The van der Waals surface area contributed by atoms with Gasteiger partial charge in [0.15, 0.2) is 6.61 Å². The first-order valence-electron chi connectivity index (χ1n) is 9.32. The minimum absolute atomic E-state index is 0.0301. The van der Waals surface area contributed by atoms with Gasteiger partial charge in [0.25, 0.3) is 5.91 Å². The second-order valence-corrected chi connectivity index (χ2v) is 6.95. The topological polar surface area (TPSA) is 47.6 Å². The van der Waals surface area contributed by atoms with Gasteiger partial charge in [0.1, 0.15) is 18.1 Å². The zero-order valence-electron chi connectivity index (χ0n) is 15.6. The molecule has 1 amide bonds. The molecule has 1 aliphatic carbocycles. The standard InChI is InChI=1S/C22H27NO3/c1-16-11-17(2)13-21(12-16)25-10-9-23-22(24)15-26-20-8-7-18-5-3-4-6-19(18)14-20/h7-8,11-14H,3-6,9-10,15H2,1-2H3,(H,23,24). The van der Waals surface area contributed by atoms with Crippen LogP contribution in [0, 0.1) is 13.8 Å². The Labute approximate surface area is 155 Å². The van der Waals surface area contributed by atoms with E-state index in [1.165, 1.54) is 35.1 Å². The van der Waals surface area contributed by atoms with Crippen LogP contribution in [0.2, 0.25) is 0 Å². The molecular weight excluding hydrogens is 326 g/mol. The highest BCUT2D eigenvalue weighted by Crippen LogP contribution is 2.25. The number of ether oxygens (including phenoxy) is 2. The van der Waals surface area contributed by atoms with Gasteiger partial charge in [0.2, 0.25) is 0 Å². The molecule has 0 fully saturated rings. The van der Waals surface area contributed by atoms with Crippen LogP contribution in [0.25, 0.3) is 0 Å². The first kappa shape index (κ1) is 18.3. The minimum Gasteiger partial charge on any atom is -0.492 e. The highest BCUT2D eigenvalue weighted by atomic mass is 16.5. The molecule has 0 aliphatic heterocycles. The maximum atomic E-state index is 11.9. The SMILES string of the molecule is Cc1cc(C)cc(OCCNC(=O)COc2ccc3c(c2)CCCC3)c1. The van der Waals surface area contributed by atoms with Crippen molar-refractivity contribution in [2.45, 2.75) is 39.5 Å². The molecule has 2 aromatic rings. The van der Waals surface area contributed by atoms with Gasteiger partial charge in [-0.15, -0.1) is 0 Å². The fourth-order valence-corrected chi connectivity index (χ4v) is 3.38. The van der Waals surface area contributed by atoms with Gasteiger partial charge in [0, 0.05) is 0 Å². The zero-order valence-corrected chi connectivity index (χ0v) is 15.6. The molecule has 0 unspecified atom stereocenters. The molecule has 2 aromatic carbocycles. The normalized spacial score (nSPS) is 13.0. The van der Waals surface area contributed by atoms with Gasteiger partial charge < -0.3 is 14.8 Å². The van der Waals surface area contributed by atoms with Crippen molar-refractivity contribution < 1.29 is 14.3 Å². The fraction of sp³-hybridized carbons (Fsp3) is 0.409. The quantitative estimate of drug-likeness (QED) is 0.771. The molecule has 0 radical (unpaired) electrons. The molecule has 1 N–H and O–H groups in total. The third-order valence-electron chi connectivity index (χ3n) is 4.58. The predicted molar refractivity (Wildman–Crippen MR) is 103 cm³/mol. The number of hydrogen-bond donors (Lipinski definition) is 1. The Morgan fingerprint density at radius 2 is 1.65 bits per heavy atom. The smallest absolute Gasteiger partial charge is 0.258 e. The molecule has 4 heteroatoms. The number of nitrogens with one attached hydrogen (secondary N) is 1. The van der Waals surface area contributed by atoms with Crippen LogP contribution in [0.5, 0.6) is 11.5 Å². The number of rotatable bonds is 7. The number of carbonyl (C=O) groups is 1. The molecule has 26 heavy (non-hydrogen) atoms. The van der Waals surface area contributed by atoms with Crippen molar-refractivity contribution in [3.63, 3.8) is 0 Å². The van der Waals surface area contributed by atoms with E-state index in [1.54, 1.807) is 0 Å². The molecule has 0 saturated carbocycles. The molecule has 3 rings (SSSR count). The van der Waals surface area contributed by atoms with Crippen molar-refractivity contribution in [1.82, 2.24) is 5.32 Å². The molecule has 138 valence electrons. The molecule has 4 nitrogen and oxygen atoms in total. The summed E-state index contributed by atoms with van der Waals surface area (Å²) in [5, 5.41) is 2.83. The first-order chi connectivity index (χ1) is 12.6. The van der Waals surface area contributed by atoms with Crippen molar-refractivity contribution in [3.05, 3.63) is 58.7 Å². The van der Waals surface area contributed by atoms with E-state index in [-0.39, 0.29) is 12.5 Å². The Balaban J connectivity index is 1.38. The summed E-state index contributed by atoms with van der Waals surface area (Å²) in [6.45, 7) is 5.01. The van der Waals surface area contributed by atoms with Crippen LogP contribution in [0.4, 0.5) is 0 Å². The molecule has 0 heterocycles. The van der Waals surface area contributed by atoms with Gasteiger partial charge in [-0.1, -0.05) is 12.1 Å². The number of carbonyl (C=O) groups excluding carboxylic acids is 1. The van der Waals surface area contributed by atoms with Crippen molar-refractivity contribution >= 4 is 5.91 Å². The van der Waals surface area contributed by atoms with Crippen LogP contribution >= 0.6 is 0 Å². The summed E-state index contributed by atoms with van der Waals surface area (Å²) in [6, 6.07) is 12.2. The molecule has 0 atom stereocenters. The number of benzene rings is 2. The van der Waals surface area contributed by atoms with Crippen LogP contribution in [0.3, 0.4) is 0 Å². The summed E-state index contributed by atoms with van der Waals surface area (Å²) >= 11 is 0. The van der Waals surface area contributed by atoms with E-state index in [4.69, 9.17) is 9.47 Å². The second kappa shape index (κ2) is 8.75. The summed E-state index contributed by atoms with van der Waals surface area (Å²) in [5.74, 6) is 1.47. The number of amides is 1. The van der Waals surface area contributed by atoms with E-state index >= 15 is 0 Å². The van der Waals surface area contributed by atoms with E-state index in [1.807, 2.05) is 32.0 Å². The Bertz CT molecular complexity index is 750. The zero-order chi connectivity index (χ0) is 18.4. The molecule has 0 bridgehead atoms. The van der Waals surface area contributed by atoms with Crippen LogP contribution in [-0.2, 0) is 17.6 Å². The largest absolute Gasteiger partial charge is 0.492 e. The third kappa shape index (κ3) is 5.25. The molecule has 0 aromatic heterocycles. The minimum atomic E-state index is -0.133. The monoisotopic (exact) mass is 353 g/mol. The van der Waals surface area contributed by atoms with E-state index in [0.29, 0.717) is 13.2 Å². The van der Waals surface area contributed by atoms with Gasteiger partial charge in [0.05, 0.1) is 6.54 Å². The van der Waals surface area contributed by atoms with E-state index in [2.05, 4.69) is 23.5 Å². The maximum absolute atomic E-state index is 11.9. The van der Waals surface area contributed by atoms with Crippen molar-refractivity contribution in [2.75, 3.05) is 19.8 Å². The lowest BCUT2D eigenvalue weighted by molar-refractivity contribution is -0.123. The lowest BCUT2D eigenvalue weighted by atomic mass is 9.92. The Kier molecular flexibility index (Phi) is 6.16. The first-order valence-corrected chi connectivity index (χ1v) is 9.32. The van der Waals surface area contributed by atoms with E-state index in [0.717, 1.165) is 24.3 Å². The summed E-state index contributed by atoms with van der Waals surface area (Å²) in [4.78, 5) is 11.9. The van der Waals surface area contributed by atoms with Gasteiger partial charge in [-0.2, -0.15) is 0 Å². The molecular formula is C22H27NO3. The number of aryl methyl sites for hydroxylation is 4. The van der Waals surface area contributed by atoms with Crippen LogP contribution in [0.1, 0.15) is 35.1 Å². The molecule has 0 saturated heterocycles. The van der Waals surface area contributed by atoms with Gasteiger partial charge in [-0.25, -0.2) is 0 Å². The van der Waals surface area contributed by atoms with E-state index in [9.17, 15) is 4.79 Å². The van der Waals surface area contributed by atoms with Crippen LogP contribution < -0.4 is 14.8 Å². The fourth-order valence-electron chi connectivity index (χ4n) is 3.38. The van der Waals surface area contributed by atoms with Crippen molar-refractivity contribution in [1.29, 1.82) is 0 Å². The third-order valence-corrected chi connectivity index (χ3v) is 4.58. The Hall–Kier alpha value is -2.49. The summed E-state index contributed by atoms with van der Waals surface area (Å²) < 4.78 is 11.3. The summed E-state index contributed by atoms with van der Waals surface area (Å²) in [6.07, 6.45) is 4.75. The van der Waals surface area contributed by atoms with Crippen molar-refractivity contribution in [2.24, 2.45) is 0 Å². The van der Waals surface area contributed by atoms with Crippen LogP contribution in [-0.4, -0.2) is 25.7 Å². The highest BCUT2D eigenvalue weighted by molar-refractivity contribution is 5.77. The Morgan fingerprint density at radius 3 is 2.42 bits per heavy atom. The lowest BCUT2D eigenvalue weighted by Gasteiger charge is -2.16. The number of hydrogen-bond acceptors (Lipinski definition) is 3. The van der Waals surface area contributed by atoms with Gasteiger partial charge in [-0.05, 0) is 86.1 Å². The lowest BCUT2D eigenvalue weighted by Crippen LogP contribution is -2.32. The van der Waals surface area contributed by atoms with Gasteiger partial charge >= 0.3 is 0 Å². The highest BCUT2D eigenvalue weighted by Gasteiger charge is 2.10. The summed E-state index contributed by atoms with van der Waals surface area (Å²) in [7, 11) is 0. The summed E-state index contributed by atoms with van der Waals surface area (Å²) in [5.41, 5.74) is 5.11. The maximum Gasteiger partial charge on any atom is 0.258 e. The molecule has 0 spiro atoms. The molecule has 1 aliphatic rings. The van der Waals surface area contributed by atoms with Crippen molar-refractivity contribution in [3.8, 4) is 11.5 Å². The van der Waals surface area contributed by atoms with E-state index < -0.39 is 0 Å².